The van der Waals surface area contributed by atoms with Crippen LogP contribution in [0.4, 0.5) is 28.4 Å². The second-order valence-electron chi connectivity index (χ2n) is 35.8. The maximum atomic E-state index is 13.8. The van der Waals surface area contributed by atoms with Crippen LogP contribution in [-0.4, -0.2) is 168 Å². The van der Waals surface area contributed by atoms with Gasteiger partial charge in [-0.15, -0.1) is 56.7 Å². The van der Waals surface area contributed by atoms with Crippen molar-refractivity contribution in [1.82, 2.24) is 0 Å². The summed E-state index contributed by atoms with van der Waals surface area (Å²) in [4.78, 5) is 103. The van der Waals surface area contributed by atoms with Crippen LogP contribution in [0.3, 0.4) is 0 Å². The van der Waals surface area contributed by atoms with Crippen molar-refractivity contribution in [2.45, 2.75) is 176 Å². The summed E-state index contributed by atoms with van der Waals surface area (Å²) in [6.45, 7) is 34.4. The van der Waals surface area contributed by atoms with Crippen molar-refractivity contribution in [1.29, 1.82) is 5.26 Å². The van der Waals surface area contributed by atoms with Gasteiger partial charge in [-0.05, 0) is 249 Å². The molecule has 0 aliphatic rings. The van der Waals surface area contributed by atoms with E-state index >= 15 is 0 Å². The van der Waals surface area contributed by atoms with E-state index in [-0.39, 0.29) is 231 Å². The van der Waals surface area contributed by atoms with E-state index < -0.39 is 104 Å². The predicted molar refractivity (Wildman–Crippen MR) is 569 cm³/mol. The number of nitrogens with zero attached hydrogens (tertiary/aromatic N) is 3. The molecule has 150 heavy (non-hydrogen) atoms. The number of hydrogen-bond acceptors (Lipinski definition) is 34. The number of rotatable bonds is 34. The van der Waals surface area contributed by atoms with Gasteiger partial charge in [-0.25, -0.2) is 84.3 Å². The third-order valence-corrected chi connectivity index (χ3v) is 33.3. The molecule has 10 aromatic rings. The monoisotopic (exact) mass is 2350 g/mol. The number of nitriles is 1. The van der Waals surface area contributed by atoms with Crippen molar-refractivity contribution in [3.8, 4) is 6.07 Å². The van der Waals surface area contributed by atoms with Crippen molar-refractivity contribution in [3.63, 3.8) is 0 Å². The quantitative estimate of drug-likeness (QED) is 0.00825. The number of sulfonamides is 5. The number of ether oxygens (including phenoxy) is 7. The van der Waals surface area contributed by atoms with Gasteiger partial charge in [-0.3, -0.25) is 14.2 Å². The van der Waals surface area contributed by atoms with Crippen molar-refractivity contribution >= 4 is 229 Å². The molecule has 794 valence electrons. The number of thiophene rings is 5. The Labute approximate surface area is 970 Å². The van der Waals surface area contributed by atoms with Gasteiger partial charge in [0, 0.05) is 43.8 Å². The zero-order valence-corrected chi connectivity index (χ0v) is 103. The Morgan fingerprint density at radius 3 is 0.960 bits per heavy atom. The Morgan fingerprint density at radius 1 is 0.393 bits per heavy atom. The average Bonchev–Trinajstić information content (AvgIpc) is 1.34. The summed E-state index contributed by atoms with van der Waals surface area (Å²) in [5.74, 6) is -8.45. The molecule has 0 fully saturated rings. The average molecular weight is 2350 g/mol. The first kappa shape index (κ1) is 136. The van der Waals surface area contributed by atoms with E-state index in [4.69, 9.17) is 48.6 Å². The smallest absolute Gasteiger partial charge is 0.545 e. The van der Waals surface area contributed by atoms with Crippen LogP contribution in [0.1, 0.15) is 223 Å². The maximum absolute atomic E-state index is 13.8. The van der Waals surface area contributed by atoms with Crippen molar-refractivity contribution in [2.75, 3.05) is 85.0 Å². The van der Waals surface area contributed by atoms with Gasteiger partial charge in [-0.2, -0.15) is 5.26 Å². The molecular formula is C100H115BrN6Na3O30S10+. The van der Waals surface area contributed by atoms with Crippen LogP contribution in [0.25, 0.3) is 24.3 Å². The van der Waals surface area contributed by atoms with Crippen LogP contribution in [0, 0.1) is 11.3 Å². The topological polar surface area (TPSA) is 542 Å². The number of carboxylic acid groups (broad SMARTS) is 4. The molecule has 0 atom stereocenters. The van der Waals surface area contributed by atoms with Crippen molar-refractivity contribution in [2.24, 2.45) is 0 Å². The fourth-order valence-electron chi connectivity index (χ4n) is 12.6. The summed E-state index contributed by atoms with van der Waals surface area (Å²) in [7, 11) is -14.1. The number of aromatic carboxylic acids is 2. The van der Waals surface area contributed by atoms with Gasteiger partial charge in [0.25, 0.3) is 50.1 Å². The molecule has 5 aromatic heterocycles. The molecule has 5 N–H and O–H groups in total. The maximum Gasteiger partial charge on any atom is 1.00 e. The zero-order chi connectivity index (χ0) is 111. The van der Waals surface area contributed by atoms with Crippen molar-refractivity contribution < 1.29 is 227 Å². The second-order valence-corrected chi connectivity index (χ2v) is 49.9. The molecule has 5 aromatic carbocycles. The summed E-state index contributed by atoms with van der Waals surface area (Å²) in [6, 6.07) is 33.2. The SMILES string of the molecule is CC#N.CC(C)(C)c1ccc(S(=O)(=O)Nc2ccsc2C(=O)O)c(/C=C/C(=O)O)c1.CC(C)(C)c1ccc(S(=O)(=O)Nc2ccsc2C(=O)[O-])c(/C=C/C(=O)[O-])c1.CCOC(=O)C=Cc1cc(C(C)(C)C)ccc1S(=O)(=O)N(COC)c1ccsc1C(=O)OC.CCOC(=O)C=Cc1cc(C(C)(C)C)ccc1S(=O)(=O)Nc1ccsc1C(=O)OC.COCN(c1ccsc1C(=O)OC)S(=O)(=O)c1ccc(C(C)(C)C)cc1Br.[Na+].[Na+].[Na+]. The fraction of sp³-hybridized carbons (Fsp3) is 0.320. The molecule has 0 amide bonds. The first-order chi connectivity index (χ1) is 68.2. The van der Waals surface area contributed by atoms with Gasteiger partial charge in [0.15, 0.2) is 0 Å². The minimum atomic E-state index is -4.20. The van der Waals surface area contributed by atoms with Crippen LogP contribution in [-0.2, 0) is 130 Å². The Kier molecular flexibility index (Phi) is 54.4. The van der Waals surface area contributed by atoms with Crippen LogP contribution in [0.15, 0.2) is 201 Å². The van der Waals surface area contributed by atoms with E-state index in [1.807, 2.05) is 104 Å². The summed E-state index contributed by atoms with van der Waals surface area (Å²) >= 11 is 8.36. The van der Waals surface area contributed by atoms with E-state index in [0.717, 1.165) is 111 Å². The van der Waals surface area contributed by atoms with Gasteiger partial charge in [0.1, 0.15) is 37.9 Å². The van der Waals surface area contributed by atoms with Crippen molar-refractivity contribution in [3.05, 3.63) is 251 Å². The van der Waals surface area contributed by atoms with E-state index in [1.54, 1.807) is 109 Å². The van der Waals surface area contributed by atoms with E-state index in [1.165, 1.54) is 132 Å². The molecule has 36 nitrogen and oxygen atoms in total. The van der Waals surface area contributed by atoms with Crippen LogP contribution in [0.5, 0.6) is 0 Å². The molecule has 0 unspecified atom stereocenters. The number of carbonyl (C=O) groups excluding carboxylic acids is 7. The Bertz CT molecular complexity index is 7060. The number of nitrogens with one attached hydrogen (secondary N) is 3. The predicted octanol–water partition coefficient (Wildman–Crippen LogP) is 8.97. The zero-order valence-electron chi connectivity index (χ0n) is 87.5. The van der Waals surface area contributed by atoms with Crippen LogP contribution < -0.4 is 122 Å². The summed E-state index contributed by atoms with van der Waals surface area (Å²) < 4.78 is 175. The molecular weight excluding hydrogens is 2230 g/mol. The Balaban J connectivity index is 0.000000627. The first-order valence-electron chi connectivity index (χ1n) is 43.6. The Hall–Kier alpha value is -9.57. The number of hydrogen-bond donors (Lipinski definition) is 5. The van der Waals surface area contributed by atoms with Gasteiger partial charge in [-0.1, -0.05) is 140 Å². The molecule has 0 aliphatic heterocycles. The van der Waals surface area contributed by atoms with Gasteiger partial charge in [0.2, 0.25) is 0 Å². The summed E-state index contributed by atoms with van der Waals surface area (Å²) in [5.41, 5.74) is 4.55. The first-order valence-corrected chi connectivity index (χ1v) is 56.1. The van der Waals surface area contributed by atoms with Crippen LogP contribution in [0.2, 0.25) is 0 Å². The minimum absolute atomic E-state index is 0. The van der Waals surface area contributed by atoms with Gasteiger partial charge in [0.05, 0.1) is 105 Å². The number of carbonyl (C=O) groups is 9. The number of benzene rings is 5. The third-order valence-electron chi connectivity index (χ3n) is 20.0. The number of esters is 5. The number of halogens is 1. The van der Waals surface area contributed by atoms with E-state index in [2.05, 4.69) is 30.1 Å². The molecule has 0 bridgehead atoms. The molecule has 10 rings (SSSR count). The minimum Gasteiger partial charge on any atom is -0.545 e. The number of methoxy groups -OCH3 is 5. The largest absolute Gasteiger partial charge is 1.00 e. The molecule has 5 heterocycles. The second kappa shape index (κ2) is 59.8. The Morgan fingerprint density at radius 2 is 0.660 bits per heavy atom. The molecule has 0 saturated heterocycles. The molecule has 0 aliphatic carbocycles. The fourth-order valence-corrected chi connectivity index (χ4v) is 24.4. The summed E-state index contributed by atoms with van der Waals surface area (Å²) in [6.07, 6.45) is 9.14. The van der Waals surface area contributed by atoms with E-state index in [0.29, 0.717) is 15.6 Å². The number of aliphatic carboxylic acids is 2. The standard InChI is InChI=1S/C23H29NO7S2.C21H25NO6S2.C18H22BrNO5S2.2C18H19NO6S2.C2H3N.3Na/c1-7-31-20(25)11-8-16-14-17(23(2,3)4)9-10-19(16)33(27,28)24(15-29-5)18-12-13-32-21(18)22(26)30-6;1-6-28-18(23)10-7-14-13-15(21(2,3)4)8-9-17(14)30(25,26)22-16-11-12-29-19(16)20(24)27-5;1-18(2,3)12-6-7-15(13(19)10-12)27(22,23)20(11-24-4)14-8-9-26-16(14)17(21)25-5;2*1-18(2,3)12-5-6-14(11(10-12)4-7-15(20)21)27(24,25)19-13-8-9-26-16(13)17(22)23;1-2-3;;;/h8-14H,7,15H2,1-6H3;7-13,22H,6H2,1-5H3;6-10H,11H2,1-5H3;2*4-10,19H,1-3H3,(H,20,21)(H,22,23);1H3;;;/q;;;;;;3*+1/p-2/b;;;2*7-4+;;;;. The number of anilines is 5. The van der Waals surface area contributed by atoms with E-state index in [9.17, 15) is 95.5 Å². The third kappa shape index (κ3) is 39.1. The molecule has 0 radical (unpaired) electrons. The summed E-state index contributed by atoms with van der Waals surface area (Å²) in [5, 5.41) is 54.9. The van der Waals surface area contributed by atoms with Gasteiger partial charge >= 0.3 is 130 Å². The molecule has 0 spiro atoms. The number of carboxylic acids is 4. The molecule has 0 saturated carbocycles. The normalized spacial score (nSPS) is 11.7. The molecule has 50 heteroatoms. The van der Waals surface area contributed by atoms with Crippen LogP contribution >= 0.6 is 72.6 Å². The van der Waals surface area contributed by atoms with Gasteiger partial charge < -0.3 is 63.2 Å².